The number of amides is 1. The minimum Gasteiger partial charge on any atom is -0.487 e. The molecule has 0 radical (unpaired) electrons. The van der Waals surface area contributed by atoms with Crippen LogP contribution in [-0.4, -0.2) is 24.5 Å². The summed E-state index contributed by atoms with van der Waals surface area (Å²) in [4.78, 5) is 13.0. The van der Waals surface area contributed by atoms with Gasteiger partial charge in [0.15, 0.2) is 11.6 Å². The summed E-state index contributed by atoms with van der Waals surface area (Å²) in [5.74, 6) is -6.37. The van der Waals surface area contributed by atoms with Gasteiger partial charge in [0, 0.05) is 11.6 Å². The third-order valence-electron chi connectivity index (χ3n) is 6.33. The number of allylic oxidation sites excluding steroid dienone is 4. The molecule has 0 heterocycles. The SMILES string of the molecule is C/C=C\C=C/CC.O=C(NC(c1cc(F)cc(OC(F)(F)C(F)F)c1)c1ccc(F)c(OC2CC2)c1)c1ccc(F)c(C(F)(F)F)c1. The summed E-state index contributed by atoms with van der Waals surface area (Å²) in [6.45, 7) is 4.14. The molecule has 0 bridgehead atoms. The predicted octanol–water partition coefficient (Wildman–Crippen LogP) is 9.95. The second-order valence-electron chi connectivity index (χ2n) is 10.2. The lowest BCUT2D eigenvalue weighted by Crippen LogP contribution is -2.33. The van der Waals surface area contributed by atoms with Crippen LogP contribution in [0.15, 0.2) is 78.9 Å². The first-order valence-electron chi connectivity index (χ1n) is 14.1. The quantitative estimate of drug-likeness (QED) is 0.162. The molecule has 1 fully saturated rings. The highest BCUT2D eigenvalue weighted by Crippen LogP contribution is 2.36. The smallest absolute Gasteiger partial charge is 0.461 e. The summed E-state index contributed by atoms with van der Waals surface area (Å²) in [6.07, 6.45) is -4.15. The van der Waals surface area contributed by atoms with Gasteiger partial charge in [-0.05, 0) is 79.8 Å². The van der Waals surface area contributed by atoms with Gasteiger partial charge in [-0.2, -0.15) is 30.7 Å². The van der Waals surface area contributed by atoms with Crippen molar-refractivity contribution in [2.24, 2.45) is 0 Å². The maximum atomic E-state index is 14.4. The molecular weight excluding hydrogens is 648 g/mol. The molecule has 0 aliphatic heterocycles. The Kier molecular flexibility index (Phi) is 12.5. The van der Waals surface area contributed by atoms with Crippen molar-refractivity contribution in [1.82, 2.24) is 5.32 Å². The molecule has 1 amide bonds. The average molecular weight is 678 g/mol. The maximum absolute atomic E-state index is 14.4. The summed E-state index contributed by atoms with van der Waals surface area (Å²) in [6, 6.07) is 4.59. The summed E-state index contributed by atoms with van der Waals surface area (Å²) in [7, 11) is 0. The zero-order valence-corrected chi connectivity index (χ0v) is 24.9. The largest absolute Gasteiger partial charge is 0.487 e. The molecule has 14 heteroatoms. The molecule has 0 aromatic heterocycles. The minimum atomic E-state index is -5.16. The van der Waals surface area contributed by atoms with E-state index in [0.29, 0.717) is 37.1 Å². The van der Waals surface area contributed by atoms with Crippen molar-refractivity contribution in [3.8, 4) is 11.5 Å². The second kappa shape index (κ2) is 15.9. The van der Waals surface area contributed by atoms with Crippen LogP contribution < -0.4 is 14.8 Å². The zero-order chi connectivity index (χ0) is 34.9. The van der Waals surface area contributed by atoms with Crippen molar-refractivity contribution in [3.63, 3.8) is 0 Å². The van der Waals surface area contributed by atoms with Crippen molar-refractivity contribution < 1.29 is 58.2 Å². The summed E-state index contributed by atoms with van der Waals surface area (Å²) >= 11 is 0. The van der Waals surface area contributed by atoms with Crippen molar-refractivity contribution >= 4 is 5.91 Å². The number of alkyl halides is 7. The molecule has 3 aromatic rings. The van der Waals surface area contributed by atoms with E-state index in [4.69, 9.17) is 4.74 Å². The Hall–Kier alpha value is -4.49. The molecule has 1 aliphatic rings. The van der Waals surface area contributed by atoms with E-state index in [-0.39, 0.29) is 23.5 Å². The first kappa shape index (κ1) is 37.0. The Morgan fingerprint density at radius 1 is 0.915 bits per heavy atom. The number of rotatable bonds is 11. The van der Waals surface area contributed by atoms with E-state index in [2.05, 4.69) is 29.1 Å². The molecule has 3 aromatic carbocycles. The van der Waals surface area contributed by atoms with Crippen LogP contribution in [0.1, 0.15) is 66.2 Å². The maximum Gasteiger partial charge on any atom is 0.461 e. The molecule has 254 valence electrons. The Balaban J connectivity index is 0.000000771. The van der Waals surface area contributed by atoms with Crippen molar-refractivity contribution in [3.05, 3.63) is 119 Å². The van der Waals surface area contributed by atoms with Gasteiger partial charge >= 0.3 is 18.7 Å². The van der Waals surface area contributed by atoms with E-state index < -0.39 is 70.6 Å². The molecular formula is C33H29F10NO3. The molecule has 4 nitrogen and oxygen atoms in total. The number of nitrogens with one attached hydrogen (secondary N) is 1. The number of carbonyl (C=O) groups is 1. The number of benzene rings is 3. The Morgan fingerprint density at radius 2 is 1.60 bits per heavy atom. The predicted molar refractivity (Wildman–Crippen MR) is 153 cm³/mol. The van der Waals surface area contributed by atoms with E-state index in [1.807, 2.05) is 19.1 Å². The third-order valence-corrected chi connectivity index (χ3v) is 6.33. The van der Waals surface area contributed by atoms with Crippen LogP contribution in [0.2, 0.25) is 0 Å². The van der Waals surface area contributed by atoms with E-state index in [0.717, 1.165) is 30.7 Å². The summed E-state index contributed by atoms with van der Waals surface area (Å²) < 4.78 is 144. The van der Waals surface area contributed by atoms with Crippen LogP contribution in [0, 0.1) is 17.5 Å². The van der Waals surface area contributed by atoms with Crippen LogP contribution in [0.3, 0.4) is 0 Å². The Bertz CT molecular complexity index is 1580. The first-order chi connectivity index (χ1) is 22.0. The monoisotopic (exact) mass is 677 g/mol. The van der Waals surface area contributed by atoms with Gasteiger partial charge in [0.05, 0.1) is 17.7 Å². The zero-order valence-electron chi connectivity index (χ0n) is 24.9. The average Bonchev–Trinajstić information content (AvgIpc) is 3.81. The van der Waals surface area contributed by atoms with Gasteiger partial charge in [0.1, 0.15) is 17.4 Å². The fraction of sp³-hybridized carbons (Fsp3) is 0.303. The van der Waals surface area contributed by atoms with E-state index >= 15 is 0 Å². The van der Waals surface area contributed by atoms with Crippen LogP contribution in [0.25, 0.3) is 0 Å². The van der Waals surface area contributed by atoms with Gasteiger partial charge in [0.2, 0.25) is 0 Å². The van der Waals surface area contributed by atoms with Crippen molar-refractivity contribution in [1.29, 1.82) is 0 Å². The van der Waals surface area contributed by atoms with Gasteiger partial charge < -0.3 is 14.8 Å². The molecule has 1 N–H and O–H groups in total. The van der Waals surface area contributed by atoms with Gasteiger partial charge in [-0.15, -0.1) is 0 Å². The van der Waals surface area contributed by atoms with Gasteiger partial charge in [-0.1, -0.05) is 37.3 Å². The number of carbonyl (C=O) groups excluding carboxylic acids is 1. The van der Waals surface area contributed by atoms with Gasteiger partial charge in [0.25, 0.3) is 5.91 Å². The summed E-state index contributed by atoms with van der Waals surface area (Å²) in [5, 5.41) is 2.26. The lowest BCUT2D eigenvalue weighted by molar-refractivity contribution is -0.253. The molecule has 1 aliphatic carbocycles. The summed E-state index contributed by atoms with van der Waals surface area (Å²) in [5.41, 5.74) is -2.89. The fourth-order valence-electron chi connectivity index (χ4n) is 3.95. The number of hydrogen-bond donors (Lipinski definition) is 1. The lowest BCUT2D eigenvalue weighted by Gasteiger charge is -2.23. The highest BCUT2D eigenvalue weighted by molar-refractivity contribution is 5.95. The molecule has 1 saturated carbocycles. The van der Waals surface area contributed by atoms with Gasteiger partial charge in [-0.3, -0.25) is 4.79 Å². The van der Waals surface area contributed by atoms with E-state index in [1.54, 1.807) is 0 Å². The molecule has 0 spiro atoms. The highest BCUT2D eigenvalue weighted by Gasteiger charge is 2.44. The fourth-order valence-corrected chi connectivity index (χ4v) is 3.95. The Labute approximate surface area is 263 Å². The number of hydrogen-bond acceptors (Lipinski definition) is 3. The molecule has 0 saturated heterocycles. The molecule has 1 atom stereocenters. The first-order valence-corrected chi connectivity index (χ1v) is 14.1. The lowest BCUT2D eigenvalue weighted by atomic mass is 9.97. The van der Waals surface area contributed by atoms with Crippen LogP contribution in [0.5, 0.6) is 11.5 Å². The second-order valence-corrected chi connectivity index (χ2v) is 10.2. The van der Waals surface area contributed by atoms with E-state index in [9.17, 15) is 48.7 Å². The highest BCUT2D eigenvalue weighted by atomic mass is 19.4. The minimum absolute atomic E-state index is 0.0549. The Morgan fingerprint density at radius 3 is 2.19 bits per heavy atom. The topological polar surface area (TPSA) is 47.6 Å². The molecule has 4 rings (SSSR count). The van der Waals surface area contributed by atoms with Crippen LogP contribution in [0.4, 0.5) is 43.9 Å². The normalized spacial score (nSPS) is 14.2. The van der Waals surface area contributed by atoms with Crippen molar-refractivity contribution in [2.45, 2.75) is 64.0 Å². The van der Waals surface area contributed by atoms with E-state index in [1.165, 1.54) is 0 Å². The molecule has 1 unspecified atom stereocenters. The van der Waals surface area contributed by atoms with Gasteiger partial charge in [-0.25, -0.2) is 13.2 Å². The standard InChI is InChI=1S/C26H17F10NO3.C7H12/c27-15-7-14(8-17(11-15)40-26(35,36)24(30)31)22(12-1-6-20(29)21(10-12)39-16-3-4-16)37-23(38)13-2-5-19(28)18(9-13)25(32,33)34;1-3-5-7-6-4-2/h1-2,5-11,16,22,24H,3-4H2,(H,37,38);3,5-7H,4H2,1-2H3/b;5-3-,7-6-. The third kappa shape index (κ3) is 10.8. The van der Waals surface area contributed by atoms with Crippen LogP contribution >= 0.6 is 0 Å². The van der Waals surface area contributed by atoms with Crippen molar-refractivity contribution in [2.75, 3.05) is 0 Å². The van der Waals surface area contributed by atoms with Crippen LogP contribution in [-0.2, 0) is 6.18 Å². The number of ether oxygens (including phenoxy) is 2. The molecule has 47 heavy (non-hydrogen) atoms. The number of halogens is 10.